The lowest BCUT2D eigenvalue weighted by molar-refractivity contribution is -0.141. The van der Waals surface area contributed by atoms with Crippen molar-refractivity contribution in [1.82, 2.24) is 14.8 Å². The van der Waals surface area contributed by atoms with Gasteiger partial charge in [0.2, 0.25) is 0 Å². The van der Waals surface area contributed by atoms with Crippen molar-refractivity contribution in [1.29, 1.82) is 0 Å². The molecule has 0 fully saturated rings. The third-order valence-electron chi connectivity index (χ3n) is 2.85. The van der Waals surface area contributed by atoms with Crippen LogP contribution in [0.15, 0.2) is 35.4 Å². The fourth-order valence-electron chi connectivity index (χ4n) is 1.77. The Morgan fingerprint density at radius 3 is 2.62 bits per heavy atom. The number of aromatic nitrogens is 3. The highest BCUT2D eigenvalue weighted by Gasteiger charge is 2.35. The molecule has 0 N–H and O–H groups in total. The van der Waals surface area contributed by atoms with Gasteiger partial charge in [0, 0.05) is 31.9 Å². The van der Waals surface area contributed by atoms with Gasteiger partial charge in [-0.2, -0.15) is 18.3 Å². The van der Waals surface area contributed by atoms with Gasteiger partial charge in [0.1, 0.15) is 5.69 Å². The van der Waals surface area contributed by atoms with Crippen LogP contribution in [-0.4, -0.2) is 28.9 Å². The second kappa shape index (κ2) is 5.55. The van der Waals surface area contributed by atoms with Crippen molar-refractivity contribution >= 4 is 5.69 Å². The summed E-state index contributed by atoms with van der Waals surface area (Å²) >= 11 is 0. The number of nitrogens with zero attached hydrogens (tertiary/aromatic N) is 4. The van der Waals surface area contributed by atoms with Crippen molar-refractivity contribution in [3.05, 3.63) is 52.2 Å². The van der Waals surface area contributed by atoms with Gasteiger partial charge < -0.3 is 4.90 Å². The van der Waals surface area contributed by atoms with Crippen molar-refractivity contribution in [3.8, 4) is 0 Å². The minimum Gasteiger partial charge on any atom is -0.376 e. The van der Waals surface area contributed by atoms with Crippen LogP contribution >= 0.6 is 0 Å². The number of rotatable bonds is 3. The first-order valence-electron chi connectivity index (χ1n) is 6.04. The van der Waals surface area contributed by atoms with Crippen LogP contribution in [0.2, 0.25) is 0 Å². The van der Waals surface area contributed by atoms with E-state index < -0.39 is 17.4 Å². The molecule has 0 unspecified atom stereocenters. The van der Waals surface area contributed by atoms with Crippen molar-refractivity contribution in [2.75, 3.05) is 19.0 Å². The fourth-order valence-corrected chi connectivity index (χ4v) is 1.77. The summed E-state index contributed by atoms with van der Waals surface area (Å²) in [5, 5.41) is 3.89. The van der Waals surface area contributed by atoms with Crippen LogP contribution in [0.4, 0.5) is 18.9 Å². The highest BCUT2D eigenvalue weighted by Crippen LogP contribution is 2.30. The molecule has 8 heteroatoms. The molecule has 0 aliphatic heterocycles. The molecule has 0 aliphatic rings. The summed E-state index contributed by atoms with van der Waals surface area (Å²) in [7, 11) is 3.48. The van der Waals surface area contributed by atoms with Crippen LogP contribution in [0.25, 0.3) is 0 Å². The van der Waals surface area contributed by atoms with Gasteiger partial charge in [-0.1, -0.05) is 6.07 Å². The van der Waals surface area contributed by atoms with Gasteiger partial charge in [0.25, 0.3) is 5.56 Å². The number of anilines is 1. The zero-order chi connectivity index (χ0) is 15.6. The Bertz CT molecular complexity index is 694. The molecule has 2 aromatic rings. The molecule has 0 atom stereocenters. The number of hydrogen-bond acceptors (Lipinski definition) is 4. The van der Waals surface area contributed by atoms with E-state index in [0.29, 0.717) is 5.69 Å². The van der Waals surface area contributed by atoms with E-state index in [4.69, 9.17) is 0 Å². The number of pyridine rings is 1. The van der Waals surface area contributed by atoms with Gasteiger partial charge >= 0.3 is 6.18 Å². The Morgan fingerprint density at radius 2 is 2.05 bits per heavy atom. The first-order valence-corrected chi connectivity index (χ1v) is 6.04. The van der Waals surface area contributed by atoms with E-state index in [1.807, 2.05) is 0 Å². The molecule has 0 amide bonds. The lowest BCUT2D eigenvalue weighted by Crippen LogP contribution is -2.26. The van der Waals surface area contributed by atoms with Crippen LogP contribution in [0.5, 0.6) is 0 Å². The van der Waals surface area contributed by atoms with Gasteiger partial charge in [-0.15, -0.1) is 0 Å². The summed E-state index contributed by atoms with van der Waals surface area (Å²) in [6, 6.07) is 3.99. The highest BCUT2D eigenvalue weighted by molar-refractivity contribution is 5.40. The third-order valence-corrected chi connectivity index (χ3v) is 2.85. The molecular weight excluding hydrogens is 285 g/mol. The van der Waals surface area contributed by atoms with Crippen LogP contribution in [0.1, 0.15) is 11.3 Å². The van der Waals surface area contributed by atoms with E-state index in [1.54, 1.807) is 19.0 Å². The number of halogens is 3. The first-order chi connectivity index (χ1) is 9.79. The molecule has 0 spiro atoms. The van der Waals surface area contributed by atoms with Crippen molar-refractivity contribution < 1.29 is 13.2 Å². The Morgan fingerprint density at radius 1 is 1.33 bits per heavy atom. The molecule has 0 saturated heterocycles. The minimum atomic E-state index is -4.57. The zero-order valence-electron chi connectivity index (χ0n) is 11.4. The monoisotopic (exact) mass is 298 g/mol. The number of hydrogen-bond donors (Lipinski definition) is 0. The summed E-state index contributed by atoms with van der Waals surface area (Å²) in [5.74, 6) is 0. The smallest absolute Gasteiger partial charge is 0.376 e. The molecular formula is C13H13F3N4O. The quantitative estimate of drug-likeness (QED) is 0.866. The van der Waals surface area contributed by atoms with E-state index in [0.717, 1.165) is 10.9 Å². The predicted molar refractivity (Wildman–Crippen MR) is 71.2 cm³/mol. The average molecular weight is 298 g/mol. The topological polar surface area (TPSA) is 51.0 Å². The summed E-state index contributed by atoms with van der Waals surface area (Å²) < 4.78 is 39.5. The van der Waals surface area contributed by atoms with Crippen molar-refractivity contribution in [2.45, 2.75) is 12.7 Å². The highest BCUT2D eigenvalue weighted by atomic mass is 19.4. The van der Waals surface area contributed by atoms with Gasteiger partial charge in [-0.05, 0) is 6.07 Å². The van der Waals surface area contributed by atoms with Crippen LogP contribution in [-0.2, 0) is 12.7 Å². The Kier molecular flexibility index (Phi) is 3.97. The van der Waals surface area contributed by atoms with Crippen LogP contribution in [0, 0.1) is 0 Å². The van der Waals surface area contributed by atoms with Crippen molar-refractivity contribution in [2.24, 2.45) is 0 Å². The molecule has 0 saturated carbocycles. The molecule has 5 nitrogen and oxygen atoms in total. The third kappa shape index (κ3) is 3.39. The molecule has 21 heavy (non-hydrogen) atoms. The van der Waals surface area contributed by atoms with Crippen molar-refractivity contribution in [3.63, 3.8) is 0 Å². The Hall–Kier alpha value is -2.38. The van der Waals surface area contributed by atoms with Gasteiger partial charge in [-0.3, -0.25) is 9.78 Å². The molecule has 0 aliphatic carbocycles. The second-order valence-corrected chi connectivity index (χ2v) is 4.61. The SMILES string of the molecule is CN(C)c1cnn(Cc2cccnc2C(F)(F)F)c(=O)c1. The minimum absolute atomic E-state index is 0.0998. The molecule has 2 rings (SSSR count). The van der Waals surface area contributed by atoms with E-state index >= 15 is 0 Å². The van der Waals surface area contributed by atoms with E-state index in [2.05, 4.69) is 10.1 Å². The standard InChI is InChI=1S/C13H13F3N4O/c1-19(2)10-6-11(21)20(18-7-10)8-9-4-3-5-17-12(9)13(14,15)16/h3-7H,8H2,1-2H3. The molecule has 2 heterocycles. The van der Waals surface area contributed by atoms with E-state index in [9.17, 15) is 18.0 Å². The van der Waals surface area contributed by atoms with E-state index in [1.165, 1.54) is 24.4 Å². The summed E-state index contributed by atoms with van der Waals surface area (Å²) in [4.78, 5) is 16.9. The fraction of sp³-hybridized carbons (Fsp3) is 0.308. The lowest BCUT2D eigenvalue weighted by Gasteiger charge is -2.14. The maximum atomic E-state index is 12.8. The summed E-state index contributed by atoms with van der Waals surface area (Å²) in [6.07, 6.45) is -2.08. The Balaban J connectivity index is 2.38. The normalized spacial score (nSPS) is 11.5. The summed E-state index contributed by atoms with van der Waals surface area (Å²) in [5.41, 5.74) is -0.996. The second-order valence-electron chi connectivity index (χ2n) is 4.61. The molecule has 0 bridgehead atoms. The lowest BCUT2D eigenvalue weighted by atomic mass is 10.2. The molecule has 0 radical (unpaired) electrons. The zero-order valence-corrected chi connectivity index (χ0v) is 11.4. The summed E-state index contributed by atoms with van der Waals surface area (Å²) in [6.45, 7) is -0.283. The van der Waals surface area contributed by atoms with Gasteiger partial charge in [-0.25, -0.2) is 4.68 Å². The van der Waals surface area contributed by atoms with Gasteiger partial charge in [0.05, 0.1) is 18.4 Å². The van der Waals surface area contributed by atoms with Crippen LogP contribution < -0.4 is 10.5 Å². The van der Waals surface area contributed by atoms with Crippen LogP contribution in [0.3, 0.4) is 0 Å². The predicted octanol–water partition coefficient (Wildman–Crippen LogP) is 1.77. The molecule has 0 aromatic carbocycles. The Labute approximate surface area is 118 Å². The maximum Gasteiger partial charge on any atom is 0.433 e. The maximum absolute atomic E-state index is 12.8. The first kappa shape index (κ1) is 15.0. The largest absolute Gasteiger partial charge is 0.433 e. The molecule has 112 valence electrons. The van der Waals surface area contributed by atoms with E-state index in [-0.39, 0.29) is 12.1 Å². The average Bonchev–Trinajstić information content (AvgIpc) is 2.40. The van der Waals surface area contributed by atoms with Gasteiger partial charge in [0.15, 0.2) is 0 Å². The number of alkyl halides is 3. The molecule has 2 aromatic heterocycles.